The normalized spacial score (nSPS) is 11.2. The van der Waals surface area contributed by atoms with Crippen LogP contribution < -0.4 is 0 Å². The largest absolute Gasteiger partial charge is 0.379 e. The van der Waals surface area contributed by atoms with E-state index in [1.165, 1.54) is 32.1 Å². The Kier molecular flexibility index (Phi) is 33.4. The van der Waals surface area contributed by atoms with E-state index in [1.54, 1.807) is 0 Å². The number of hydrogen-bond acceptors (Lipinski definition) is 9. The molecule has 9 nitrogen and oxygen atoms in total. The molecule has 0 saturated heterocycles. The lowest BCUT2D eigenvalue weighted by Crippen LogP contribution is -2.15. The first-order chi connectivity index (χ1) is 17.9. The minimum Gasteiger partial charge on any atom is -0.379 e. The Morgan fingerprint density at radius 3 is 0.972 bits per heavy atom. The Labute approximate surface area is 219 Å². The van der Waals surface area contributed by atoms with Crippen molar-refractivity contribution in [2.75, 3.05) is 119 Å². The highest BCUT2D eigenvalue weighted by atomic mass is 16.6. The van der Waals surface area contributed by atoms with E-state index in [0.29, 0.717) is 112 Å². The number of unbranched alkanes of at least 4 members (excludes halogenated alkanes) is 5. The van der Waals surface area contributed by atoms with Gasteiger partial charge in [-0.2, -0.15) is 0 Å². The molecule has 0 fully saturated rings. The molecule has 0 rings (SSSR count). The van der Waals surface area contributed by atoms with Crippen LogP contribution in [0.5, 0.6) is 0 Å². The number of rotatable bonds is 32. The molecule has 9 heteroatoms. The van der Waals surface area contributed by atoms with Crippen LogP contribution in [-0.4, -0.2) is 119 Å². The maximum Gasteiger partial charge on any atom is 0.107 e. The average molecular weight is 521 g/mol. The first kappa shape index (κ1) is 35.2. The summed E-state index contributed by atoms with van der Waals surface area (Å²) in [4.78, 5) is 0. The summed E-state index contributed by atoms with van der Waals surface area (Å²) in [7, 11) is 0. The lowest BCUT2D eigenvalue weighted by Gasteiger charge is -2.08. The second kappa shape index (κ2) is 34.2. The summed E-state index contributed by atoms with van der Waals surface area (Å²) in [6.07, 6.45) is 12.8. The Morgan fingerprint density at radius 1 is 0.361 bits per heavy atom. The Hall–Kier alpha value is -0.800. The van der Waals surface area contributed by atoms with Gasteiger partial charge >= 0.3 is 0 Å². The molecule has 0 radical (unpaired) electrons. The third kappa shape index (κ3) is 33.2. The van der Waals surface area contributed by atoms with Crippen LogP contribution in [0.15, 0.2) is 0 Å². The highest BCUT2D eigenvalue weighted by Crippen LogP contribution is 2.04. The molecule has 214 valence electrons. The molecule has 0 aromatic carbocycles. The summed E-state index contributed by atoms with van der Waals surface area (Å²) in [5.74, 6) is 2.40. The molecule has 0 saturated carbocycles. The van der Waals surface area contributed by atoms with Gasteiger partial charge in [-0.25, -0.2) is 0 Å². The van der Waals surface area contributed by atoms with Crippen molar-refractivity contribution in [2.45, 2.75) is 45.4 Å². The van der Waals surface area contributed by atoms with E-state index in [2.05, 4.69) is 12.8 Å². The molecular formula is C27H52O9. The van der Waals surface area contributed by atoms with E-state index in [1.807, 2.05) is 0 Å². The first-order valence-electron chi connectivity index (χ1n) is 13.5. The van der Waals surface area contributed by atoms with Gasteiger partial charge in [-0.15, -0.1) is 6.42 Å². The van der Waals surface area contributed by atoms with Crippen molar-refractivity contribution in [1.82, 2.24) is 0 Å². The molecule has 0 unspecified atom stereocenters. The number of terminal acetylenes is 1. The van der Waals surface area contributed by atoms with Crippen LogP contribution in [-0.2, 0) is 42.6 Å². The van der Waals surface area contributed by atoms with E-state index >= 15 is 0 Å². The van der Waals surface area contributed by atoms with Gasteiger partial charge < -0.3 is 42.6 Å². The molecule has 0 aromatic heterocycles. The molecule has 0 spiro atoms. The van der Waals surface area contributed by atoms with Gasteiger partial charge in [0.15, 0.2) is 0 Å². The Balaban J connectivity index is 3.01. The molecule has 0 bridgehead atoms. The van der Waals surface area contributed by atoms with Crippen molar-refractivity contribution in [3.05, 3.63) is 0 Å². The zero-order chi connectivity index (χ0) is 26.0. The zero-order valence-corrected chi connectivity index (χ0v) is 22.7. The predicted molar refractivity (Wildman–Crippen MR) is 140 cm³/mol. The maximum absolute atomic E-state index is 5.57. The fraction of sp³-hybridized carbons (Fsp3) is 0.926. The van der Waals surface area contributed by atoms with Gasteiger partial charge in [0.05, 0.1) is 106 Å². The van der Waals surface area contributed by atoms with E-state index in [-0.39, 0.29) is 0 Å². The van der Waals surface area contributed by atoms with Crippen molar-refractivity contribution >= 4 is 0 Å². The van der Waals surface area contributed by atoms with Gasteiger partial charge in [-0.3, -0.25) is 0 Å². The van der Waals surface area contributed by atoms with E-state index in [0.717, 1.165) is 13.0 Å². The summed E-state index contributed by atoms with van der Waals surface area (Å²) in [5.41, 5.74) is 0. The van der Waals surface area contributed by atoms with Crippen LogP contribution in [0.25, 0.3) is 0 Å². The van der Waals surface area contributed by atoms with Crippen molar-refractivity contribution in [3.63, 3.8) is 0 Å². The molecule has 0 heterocycles. The summed E-state index contributed by atoms with van der Waals surface area (Å²) in [5, 5.41) is 0. The topological polar surface area (TPSA) is 83.1 Å². The molecule has 0 aliphatic heterocycles. The van der Waals surface area contributed by atoms with Crippen molar-refractivity contribution in [1.29, 1.82) is 0 Å². The van der Waals surface area contributed by atoms with Crippen LogP contribution in [0.2, 0.25) is 0 Å². The number of hydrogen-bond donors (Lipinski definition) is 0. The highest BCUT2D eigenvalue weighted by Gasteiger charge is 1.96. The van der Waals surface area contributed by atoms with Gasteiger partial charge in [0.2, 0.25) is 0 Å². The lowest BCUT2D eigenvalue weighted by atomic mass is 10.1. The minimum atomic E-state index is 0.315. The summed E-state index contributed by atoms with van der Waals surface area (Å²) < 4.78 is 48.7. The third-order valence-corrected chi connectivity index (χ3v) is 4.80. The van der Waals surface area contributed by atoms with Crippen molar-refractivity contribution in [3.8, 4) is 12.3 Å². The zero-order valence-electron chi connectivity index (χ0n) is 22.7. The smallest absolute Gasteiger partial charge is 0.107 e. The fourth-order valence-electron chi connectivity index (χ4n) is 2.87. The Bertz CT molecular complexity index is 432. The summed E-state index contributed by atoms with van der Waals surface area (Å²) in [6.45, 7) is 12.1. The van der Waals surface area contributed by atoms with Crippen LogP contribution >= 0.6 is 0 Å². The molecule has 0 aromatic rings. The average Bonchev–Trinajstić information content (AvgIpc) is 2.89. The predicted octanol–water partition coefficient (Wildman–Crippen LogP) is 3.13. The van der Waals surface area contributed by atoms with Gasteiger partial charge in [0.25, 0.3) is 0 Å². The van der Waals surface area contributed by atoms with Crippen molar-refractivity contribution in [2.24, 2.45) is 0 Å². The summed E-state index contributed by atoms with van der Waals surface area (Å²) in [6, 6.07) is 0. The molecular weight excluding hydrogens is 468 g/mol. The third-order valence-electron chi connectivity index (χ3n) is 4.80. The molecule has 0 amide bonds. The maximum atomic E-state index is 5.57. The summed E-state index contributed by atoms with van der Waals surface area (Å²) >= 11 is 0. The van der Waals surface area contributed by atoms with Gasteiger partial charge in [-0.1, -0.05) is 44.9 Å². The van der Waals surface area contributed by atoms with Gasteiger partial charge in [0, 0.05) is 6.61 Å². The van der Waals surface area contributed by atoms with Crippen LogP contribution in [0.4, 0.5) is 0 Å². The monoisotopic (exact) mass is 520 g/mol. The molecule has 0 aliphatic rings. The lowest BCUT2D eigenvalue weighted by molar-refractivity contribution is -0.0246. The van der Waals surface area contributed by atoms with Gasteiger partial charge in [0.1, 0.15) is 6.61 Å². The van der Waals surface area contributed by atoms with Gasteiger partial charge in [-0.05, 0) is 6.42 Å². The standard InChI is InChI=1S/C27H52O9/c1-3-5-6-7-8-9-11-29-13-15-31-17-19-33-21-23-35-25-27-36-26-24-34-22-20-32-18-16-30-14-12-28-10-4-2/h2H,3,5-27H2,1H3. The molecule has 36 heavy (non-hydrogen) atoms. The quantitative estimate of drug-likeness (QED) is 0.0981. The molecule has 0 N–H and O–H groups in total. The van der Waals surface area contributed by atoms with E-state index in [9.17, 15) is 0 Å². The number of ether oxygens (including phenoxy) is 9. The van der Waals surface area contributed by atoms with Crippen molar-refractivity contribution < 1.29 is 42.6 Å². The van der Waals surface area contributed by atoms with E-state index in [4.69, 9.17) is 49.1 Å². The van der Waals surface area contributed by atoms with Crippen LogP contribution in [0.1, 0.15) is 45.4 Å². The minimum absolute atomic E-state index is 0.315. The Morgan fingerprint density at radius 2 is 0.639 bits per heavy atom. The second-order valence-corrected chi connectivity index (χ2v) is 7.92. The second-order valence-electron chi connectivity index (χ2n) is 7.92. The van der Waals surface area contributed by atoms with E-state index < -0.39 is 0 Å². The fourth-order valence-corrected chi connectivity index (χ4v) is 2.87. The van der Waals surface area contributed by atoms with Crippen LogP contribution in [0, 0.1) is 12.3 Å². The molecule has 0 atom stereocenters. The molecule has 0 aliphatic carbocycles. The SMILES string of the molecule is C#CCOCCOCCOCCOCCOCCOCCOCCOCCOCCCCCCCC. The van der Waals surface area contributed by atoms with Crippen LogP contribution in [0.3, 0.4) is 0 Å². The first-order valence-corrected chi connectivity index (χ1v) is 13.5. The highest BCUT2D eigenvalue weighted by molar-refractivity contribution is 4.82.